The topological polar surface area (TPSA) is 38.3 Å². The fourth-order valence-corrected chi connectivity index (χ4v) is 1.62. The Morgan fingerprint density at radius 3 is 2.81 bits per heavy atom. The molecule has 1 fully saturated rings. The van der Waals surface area contributed by atoms with Gasteiger partial charge in [0.25, 0.3) is 0 Å². The lowest BCUT2D eigenvalue weighted by Crippen LogP contribution is -2.36. The Morgan fingerprint density at radius 2 is 2.25 bits per heavy atom. The molecule has 1 aliphatic heterocycles. The van der Waals surface area contributed by atoms with Crippen LogP contribution in [0.5, 0.6) is 0 Å². The van der Waals surface area contributed by atoms with Crippen LogP contribution < -0.4 is 5.32 Å². The van der Waals surface area contributed by atoms with Gasteiger partial charge in [-0.1, -0.05) is 19.8 Å². The van der Waals surface area contributed by atoms with Gasteiger partial charge < -0.3 is 10.1 Å². The quantitative estimate of drug-likeness (QED) is 0.574. The molecule has 3 nitrogen and oxygen atoms in total. The molecule has 16 heavy (non-hydrogen) atoms. The zero-order chi connectivity index (χ0) is 12.0. The van der Waals surface area contributed by atoms with Crippen molar-refractivity contribution in [3.05, 3.63) is 17.9 Å². The van der Waals surface area contributed by atoms with Crippen LogP contribution in [0.4, 0.5) is 4.79 Å². The fourth-order valence-electron chi connectivity index (χ4n) is 1.62. The van der Waals surface area contributed by atoms with Crippen molar-refractivity contribution in [2.45, 2.75) is 58.1 Å². The standard InChI is InChI=1S/C13H21NO2/c1-4-5-6-7-8-9-10-11-13(2,3)16-12(15)14-11/h8,10-11H,4-7H2,1-3H3,(H,14,15). The summed E-state index contributed by atoms with van der Waals surface area (Å²) in [5.74, 6) is 0. The summed E-state index contributed by atoms with van der Waals surface area (Å²) in [4.78, 5) is 11.1. The number of unbranched alkanes of at least 4 members (excludes halogenated alkanes) is 3. The number of carbonyl (C=O) groups excluding carboxylic acids is 1. The Kier molecular flexibility index (Phi) is 4.63. The first-order valence-corrected chi connectivity index (χ1v) is 5.97. The van der Waals surface area contributed by atoms with Gasteiger partial charge in [0, 0.05) is 0 Å². The molecule has 1 heterocycles. The number of nitrogens with one attached hydrogen (secondary N) is 1. The van der Waals surface area contributed by atoms with Crippen molar-refractivity contribution in [3.63, 3.8) is 0 Å². The predicted octanol–water partition coefficient (Wildman–Crippen LogP) is 3.17. The minimum Gasteiger partial charge on any atom is -0.441 e. The van der Waals surface area contributed by atoms with Gasteiger partial charge >= 0.3 is 6.09 Å². The molecule has 0 saturated carbocycles. The van der Waals surface area contributed by atoms with Crippen LogP contribution in [-0.4, -0.2) is 17.7 Å². The van der Waals surface area contributed by atoms with Crippen LogP contribution in [-0.2, 0) is 4.74 Å². The molecule has 1 saturated heterocycles. The van der Waals surface area contributed by atoms with E-state index in [4.69, 9.17) is 4.74 Å². The molecule has 3 heteroatoms. The molecule has 0 aromatic carbocycles. The third kappa shape index (κ3) is 3.74. The highest BCUT2D eigenvalue weighted by Crippen LogP contribution is 2.21. The largest absolute Gasteiger partial charge is 0.441 e. The lowest BCUT2D eigenvalue weighted by Gasteiger charge is -2.19. The SMILES string of the molecule is CCCCCC=C=CC1NC(=O)OC1(C)C. The monoisotopic (exact) mass is 223 g/mol. The van der Waals surface area contributed by atoms with Crippen molar-refractivity contribution in [1.29, 1.82) is 0 Å². The van der Waals surface area contributed by atoms with Gasteiger partial charge in [0.2, 0.25) is 0 Å². The van der Waals surface area contributed by atoms with Crippen molar-refractivity contribution in [2.24, 2.45) is 0 Å². The van der Waals surface area contributed by atoms with Crippen LogP contribution in [0, 0.1) is 0 Å². The van der Waals surface area contributed by atoms with E-state index in [-0.39, 0.29) is 12.1 Å². The van der Waals surface area contributed by atoms with Gasteiger partial charge in [-0.15, -0.1) is 5.73 Å². The summed E-state index contributed by atoms with van der Waals surface area (Å²) in [5, 5.41) is 2.75. The molecule has 90 valence electrons. The van der Waals surface area contributed by atoms with E-state index in [2.05, 4.69) is 18.0 Å². The Hall–Kier alpha value is -1.21. The van der Waals surface area contributed by atoms with Crippen molar-refractivity contribution in [1.82, 2.24) is 5.32 Å². The highest BCUT2D eigenvalue weighted by Gasteiger charge is 2.39. The Morgan fingerprint density at radius 1 is 1.50 bits per heavy atom. The molecule has 0 aliphatic carbocycles. The molecule has 0 aromatic heterocycles. The van der Waals surface area contributed by atoms with Gasteiger partial charge in [0.15, 0.2) is 0 Å². The van der Waals surface area contributed by atoms with E-state index < -0.39 is 5.60 Å². The van der Waals surface area contributed by atoms with E-state index >= 15 is 0 Å². The van der Waals surface area contributed by atoms with Gasteiger partial charge in [0.1, 0.15) is 5.60 Å². The zero-order valence-electron chi connectivity index (χ0n) is 10.4. The third-order valence-electron chi connectivity index (χ3n) is 2.71. The molecule has 0 radical (unpaired) electrons. The molecule has 0 bridgehead atoms. The van der Waals surface area contributed by atoms with Crippen molar-refractivity contribution < 1.29 is 9.53 Å². The molecular weight excluding hydrogens is 202 g/mol. The first-order chi connectivity index (χ1) is 7.56. The molecular formula is C13H21NO2. The van der Waals surface area contributed by atoms with Gasteiger partial charge in [-0.25, -0.2) is 4.79 Å². The smallest absolute Gasteiger partial charge is 0.408 e. The van der Waals surface area contributed by atoms with Crippen LogP contribution in [0.1, 0.15) is 46.5 Å². The van der Waals surface area contributed by atoms with Crippen molar-refractivity contribution in [3.8, 4) is 0 Å². The second kappa shape index (κ2) is 5.76. The molecule has 0 aromatic rings. The van der Waals surface area contributed by atoms with Gasteiger partial charge in [-0.2, -0.15) is 0 Å². The van der Waals surface area contributed by atoms with Crippen molar-refractivity contribution in [2.75, 3.05) is 0 Å². The molecule has 1 rings (SSSR count). The second-order valence-electron chi connectivity index (χ2n) is 4.65. The van der Waals surface area contributed by atoms with Crippen LogP contribution in [0.15, 0.2) is 17.9 Å². The number of alkyl carbamates (subject to hydrolysis) is 1. The Balaban J connectivity index is 2.41. The van der Waals surface area contributed by atoms with Crippen LogP contribution in [0.2, 0.25) is 0 Å². The maximum atomic E-state index is 11.1. The van der Waals surface area contributed by atoms with Crippen LogP contribution >= 0.6 is 0 Å². The molecule has 1 aliphatic rings. The summed E-state index contributed by atoms with van der Waals surface area (Å²) in [5.41, 5.74) is 2.65. The lowest BCUT2D eigenvalue weighted by molar-refractivity contribution is 0.0765. The maximum Gasteiger partial charge on any atom is 0.408 e. The predicted molar refractivity (Wildman–Crippen MR) is 64.3 cm³/mol. The number of amides is 1. The van der Waals surface area contributed by atoms with E-state index in [1.54, 1.807) is 0 Å². The lowest BCUT2D eigenvalue weighted by atomic mass is 10.00. The zero-order valence-corrected chi connectivity index (χ0v) is 10.4. The summed E-state index contributed by atoms with van der Waals surface area (Å²) in [7, 11) is 0. The first-order valence-electron chi connectivity index (χ1n) is 5.97. The van der Waals surface area contributed by atoms with E-state index in [9.17, 15) is 4.79 Å². The molecule has 1 unspecified atom stereocenters. The summed E-state index contributed by atoms with van der Waals surface area (Å²) in [6.45, 7) is 5.98. The summed E-state index contributed by atoms with van der Waals surface area (Å²) < 4.78 is 5.12. The average molecular weight is 223 g/mol. The minimum atomic E-state index is -0.471. The number of ether oxygens (including phenoxy) is 1. The van der Waals surface area contributed by atoms with Crippen LogP contribution in [0.3, 0.4) is 0 Å². The number of cyclic esters (lactones) is 1. The normalized spacial score (nSPS) is 21.9. The number of hydrogen-bond acceptors (Lipinski definition) is 2. The first kappa shape index (κ1) is 12.9. The van der Waals surface area contributed by atoms with E-state index in [0.29, 0.717) is 0 Å². The average Bonchev–Trinajstić information content (AvgIpc) is 2.45. The minimum absolute atomic E-state index is 0.0811. The Bertz CT molecular complexity index is 301. The molecule has 1 N–H and O–H groups in total. The number of rotatable bonds is 5. The molecule has 0 spiro atoms. The summed E-state index contributed by atoms with van der Waals surface area (Å²) >= 11 is 0. The maximum absolute atomic E-state index is 11.1. The third-order valence-corrected chi connectivity index (χ3v) is 2.71. The summed E-state index contributed by atoms with van der Waals surface area (Å²) in [6, 6.07) is -0.0811. The fraction of sp³-hybridized carbons (Fsp3) is 0.692. The molecule has 1 atom stereocenters. The van der Waals surface area contributed by atoms with E-state index in [0.717, 1.165) is 6.42 Å². The van der Waals surface area contributed by atoms with Gasteiger partial charge in [-0.05, 0) is 38.8 Å². The van der Waals surface area contributed by atoms with E-state index in [1.165, 1.54) is 19.3 Å². The van der Waals surface area contributed by atoms with Crippen molar-refractivity contribution >= 4 is 6.09 Å². The second-order valence-corrected chi connectivity index (χ2v) is 4.65. The highest BCUT2D eigenvalue weighted by molar-refractivity contribution is 5.71. The van der Waals surface area contributed by atoms with Gasteiger partial charge in [-0.3, -0.25) is 0 Å². The molecule has 1 amide bonds. The van der Waals surface area contributed by atoms with Crippen LogP contribution in [0.25, 0.3) is 0 Å². The Labute approximate surface area is 97.6 Å². The highest BCUT2D eigenvalue weighted by atomic mass is 16.6. The van der Waals surface area contributed by atoms with Gasteiger partial charge in [0.05, 0.1) is 6.04 Å². The summed E-state index contributed by atoms with van der Waals surface area (Å²) in [6.07, 6.45) is 8.29. The van der Waals surface area contributed by atoms with E-state index in [1.807, 2.05) is 26.0 Å². The number of carbonyl (C=O) groups is 1. The number of hydrogen-bond donors (Lipinski definition) is 1.